The lowest BCUT2D eigenvalue weighted by Gasteiger charge is -2.07. The number of anilines is 1. The van der Waals surface area contributed by atoms with E-state index in [4.69, 9.17) is 5.73 Å². The summed E-state index contributed by atoms with van der Waals surface area (Å²) in [6.45, 7) is 3.58. The van der Waals surface area contributed by atoms with Crippen LogP contribution < -0.4 is 11.1 Å². The maximum atomic E-state index is 12.8. The largest absolute Gasteiger partial charge is 0.370 e. The zero-order valence-corrected chi connectivity index (χ0v) is 8.89. The summed E-state index contributed by atoms with van der Waals surface area (Å²) < 4.78 is 38.3. The molecular weight excluding hydrogens is 219 g/mol. The molecular formula is C10H12F3N3. The van der Waals surface area contributed by atoms with Crippen molar-refractivity contribution in [2.75, 3.05) is 5.32 Å². The van der Waals surface area contributed by atoms with Gasteiger partial charge in [-0.25, -0.2) is 13.2 Å². The standard InChI is InChI=1S/C10H12F3N3/c1-5(2)15-10(14)16-6-3-7(11)9(13)8(12)4-6/h3-5H,1-2H3,(H3,14,15,16). The summed E-state index contributed by atoms with van der Waals surface area (Å²) in [6, 6.07) is 1.56. The van der Waals surface area contributed by atoms with Crippen molar-refractivity contribution in [1.29, 1.82) is 0 Å². The third kappa shape index (κ3) is 3.15. The van der Waals surface area contributed by atoms with Gasteiger partial charge in [-0.15, -0.1) is 0 Å². The summed E-state index contributed by atoms with van der Waals surface area (Å²) in [5.74, 6) is -4.05. The first-order valence-electron chi connectivity index (χ1n) is 4.65. The molecule has 0 bridgehead atoms. The molecule has 0 fully saturated rings. The van der Waals surface area contributed by atoms with Gasteiger partial charge >= 0.3 is 0 Å². The Morgan fingerprint density at radius 2 is 1.75 bits per heavy atom. The molecule has 6 heteroatoms. The van der Waals surface area contributed by atoms with E-state index in [9.17, 15) is 13.2 Å². The molecule has 16 heavy (non-hydrogen) atoms. The topological polar surface area (TPSA) is 50.4 Å². The summed E-state index contributed by atoms with van der Waals surface area (Å²) in [4.78, 5) is 3.90. The van der Waals surface area contributed by atoms with Crippen molar-refractivity contribution in [2.24, 2.45) is 10.7 Å². The lowest BCUT2D eigenvalue weighted by Crippen LogP contribution is -2.24. The molecule has 3 N–H and O–H groups in total. The molecule has 0 aliphatic heterocycles. The molecule has 0 radical (unpaired) electrons. The monoisotopic (exact) mass is 231 g/mol. The Balaban J connectivity index is 2.91. The van der Waals surface area contributed by atoms with Crippen LogP contribution in [0.25, 0.3) is 0 Å². The number of aliphatic imine (C=N–C) groups is 1. The molecule has 0 spiro atoms. The number of benzene rings is 1. The van der Waals surface area contributed by atoms with Crippen LogP contribution in [0, 0.1) is 17.5 Å². The summed E-state index contributed by atoms with van der Waals surface area (Å²) in [5, 5.41) is 2.46. The molecule has 0 unspecified atom stereocenters. The molecule has 0 atom stereocenters. The molecule has 0 aliphatic carbocycles. The van der Waals surface area contributed by atoms with Crippen LogP contribution in [0.1, 0.15) is 13.8 Å². The Morgan fingerprint density at radius 3 is 2.19 bits per heavy atom. The molecule has 0 saturated carbocycles. The van der Waals surface area contributed by atoms with Gasteiger partial charge in [-0.1, -0.05) is 0 Å². The second kappa shape index (κ2) is 4.87. The van der Waals surface area contributed by atoms with Crippen LogP contribution in [0.3, 0.4) is 0 Å². The summed E-state index contributed by atoms with van der Waals surface area (Å²) in [6.07, 6.45) is 0. The minimum Gasteiger partial charge on any atom is -0.370 e. The average Bonchev–Trinajstić information content (AvgIpc) is 2.12. The minimum atomic E-state index is -1.51. The maximum Gasteiger partial charge on any atom is 0.194 e. The van der Waals surface area contributed by atoms with Crippen LogP contribution in [-0.4, -0.2) is 12.0 Å². The quantitative estimate of drug-likeness (QED) is 0.466. The summed E-state index contributed by atoms with van der Waals surface area (Å²) in [5.41, 5.74) is 5.46. The van der Waals surface area contributed by atoms with Gasteiger partial charge in [-0.05, 0) is 13.8 Å². The van der Waals surface area contributed by atoms with Crippen LogP contribution in [0.5, 0.6) is 0 Å². The van der Waals surface area contributed by atoms with Gasteiger partial charge in [-0.3, -0.25) is 4.99 Å². The second-order valence-corrected chi connectivity index (χ2v) is 3.49. The third-order valence-electron chi connectivity index (χ3n) is 1.65. The zero-order valence-electron chi connectivity index (χ0n) is 8.89. The number of rotatable bonds is 2. The first-order valence-corrected chi connectivity index (χ1v) is 4.65. The molecule has 0 aliphatic rings. The van der Waals surface area contributed by atoms with E-state index in [1.54, 1.807) is 13.8 Å². The fourth-order valence-electron chi connectivity index (χ4n) is 1.09. The van der Waals surface area contributed by atoms with Crippen LogP contribution in [0.4, 0.5) is 18.9 Å². The average molecular weight is 231 g/mol. The fraction of sp³-hybridized carbons (Fsp3) is 0.300. The Morgan fingerprint density at radius 1 is 1.25 bits per heavy atom. The van der Waals surface area contributed by atoms with Crippen LogP contribution in [-0.2, 0) is 0 Å². The normalized spacial score (nSPS) is 12.0. The molecule has 3 nitrogen and oxygen atoms in total. The number of nitrogens with two attached hydrogens (primary N) is 1. The summed E-state index contributed by atoms with van der Waals surface area (Å²) >= 11 is 0. The minimum absolute atomic E-state index is 0.0123. The number of nitrogens with zero attached hydrogens (tertiary/aromatic N) is 1. The van der Waals surface area contributed by atoms with Crippen molar-refractivity contribution in [3.05, 3.63) is 29.6 Å². The van der Waals surface area contributed by atoms with Crippen molar-refractivity contribution >= 4 is 11.6 Å². The zero-order chi connectivity index (χ0) is 12.3. The van der Waals surface area contributed by atoms with E-state index in [2.05, 4.69) is 10.3 Å². The second-order valence-electron chi connectivity index (χ2n) is 3.49. The van der Waals surface area contributed by atoms with E-state index in [1.807, 2.05) is 0 Å². The fourth-order valence-corrected chi connectivity index (χ4v) is 1.09. The van der Waals surface area contributed by atoms with E-state index in [1.165, 1.54) is 0 Å². The van der Waals surface area contributed by atoms with Gasteiger partial charge in [0.15, 0.2) is 23.4 Å². The van der Waals surface area contributed by atoms with E-state index in [-0.39, 0.29) is 17.7 Å². The maximum absolute atomic E-state index is 12.8. The SMILES string of the molecule is CC(C)N=C(N)Nc1cc(F)c(F)c(F)c1. The Labute approximate surface area is 91.2 Å². The molecule has 0 saturated heterocycles. The highest BCUT2D eigenvalue weighted by Gasteiger charge is 2.10. The Bertz CT molecular complexity index is 393. The molecule has 1 aromatic rings. The number of nitrogens with one attached hydrogen (secondary N) is 1. The van der Waals surface area contributed by atoms with E-state index in [0.29, 0.717) is 0 Å². The van der Waals surface area contributed by atoms with E-state index in [0.717, 1.165) is 12.1 Å². The van der Waals surface area contributed by atoms with Gasteiger partial charge in [0.1, 0.15) is 0 Å². The number of hydrogen-bond acceptors (Lipinski definition) is 1. The number of halogens is 3. The van der Waals surface area contributed by atoms with Crippen molar-refractivity contribution in [1.82, 2.24) is 0 Å². The van der Waals surface area contributed by atoms with Crippen LogP contribution >= 0.6 is 0 Å². The van der Waals surface area contributed by atoms with Crippen LogP contribution in [0.2, 0.25) is 0 Å². The lowest BCUT2D eigenvalue weighted by molar-refractivity contribution is 0.448. The van der Waals surface area contributed by atoms with Crippen LogP contribution in [0.15, 0.2) is 17.1 Å². The van der Waals surface area contributed by atoms with Gasteiger partial charge < -0.3 is 11.1 Å². The predicted octanol–water partition coefficient (Wildman–Crippen LogP) is 2.24. The van der Waals surface area contributed by atoms with Gasteiger partial charge in [0, 0.05) is 23.9 Å². The smallest absolute Gasteiger partial charge is 0.194 e. The highest BCUT2D eigenvalue weighted by Crippen LogP contribution is 2.16. The van der Waals surface area contributed by atoms with E-state index >= 15 is 0 Å². The molecule has 0 aromatic heterocycles. The molecule has 0 heterocycles. The number of hydrogen-bond donors (Lipinski definition) is 2. The summed E-state index contributed by atoms with van der Waals surface area (Å²) in [7, 11) is 0. The molecule has 0 amide bonds. The molecule has 1 aromatic carbocycles. The third-order valence-corrected chi connectivity index (χ3v) is 1.65. The van der Waals surface area contributed by atoms with Crippen molar-refractivity contribution in [3.8, 4) is 0 Å². The molecule has 1 rings (SSSR count). The Kier molecular flexibility index (Phi) is 3.76. The van der Waals surface area contributed by atoms with Gasteiger partial charge in [0.25, 0.3) is 0 Å². The lowest BCUT2D eigenvalue weighted by atomic mass is 10.3. The highest BCUT2D eigenvalue weighted by atomic mass is 19.2. The van der Waals surface area contributed by atoms with Gasteiger partial charge in [-0.2, -0.15) is 0 Å². The van der Waals surface area contributed by atoms with Crippen molar-refractivity contribution in [3.63, 3.8) is 0 Å². The molecule has 88 valence electrons. The first-order chi connectivity index (χ1) is 7.40. The van der Waals surface area contributed by atoms with Crippen molar-refractivity contribution in [2.45, 2.75) is 19.9 Å². The Hall–Kier alpha value is -1.72. The predicted molar refractivity (Wildman–Crippen MR) is 56.7 cm³/mol. The van der Waals surface area contributed by atoms with E-state index < -0.39 is 17.5 Å². The highest BCUT2D eigenvalue weighted by molar-refractivity contribution is 5.92. The first kappa shape index (κ1) is 12.4. The number of guanidine groups is 1. The van der Waals surface area contributed by atoms with Gasteiger partial charge in [0.2, 0.25) is 0 Å². The van der Waals surface area contributed by atoms with Crippen molar-refractivity contribution < 1.29 is 13.2 Å². The van der Waals surface area contributed by atoms with Gasteiger partial charge in [0.05, 0.1) is 0 Å².